The molecule has 104 valence electrons. The van der Waals surface area contributed by atoms with Crippen LogP contribution in [0.25, 0.3) is 0 Å². The number of imidazole rings is 1. The highest BCUT2D eigenvalue weighted by atomic mass is 15.3. The van der Waals surface area contributed by atoms with E-state index >= 15 is 0 Å². The molecule has 1 aromatic heterocycles. The summed E-state index contributed by atoms with van der Waals surface area (Å²) in [6, 6.07) is 12.2. The van der Waals surface area contributed by atoms with Gasteiger partial charge in [0, 0.05) is 25.0 Å². The molecule has 2 aliphatic rings. The number of hydrogen-bond donors (Lipinski definition) is 0. The van der Waals surface area contributed by atoms with Crippen LogP contribution in [0, 0.1) is 0 Å². The minimum atomic E-state index is 0.501. The minimum Gasteiger partial charge on any atom is -0.332 e. The lowest BCUT2D eigenvalue weighted by molar-refractivity contribution is 0.0857. The lowest BCUT2D eigenvalue weighted by Gasteiger charge is -2.40. The van der Waals surface area contributed by atoms with Crippen LogP contribution in [0.3, 0.4) is 0 Å². The Labute approximate surface area is 120 Å². The van der Waals surface area contributed by atoms with Gasteiger partial charge < -0.3 is 4.57 Å². The fourth-order valence-electron chi connectivity index (χ4n) is 3.81. The summed E-state index contributed by atoms with van der Waals surface area (Å²) in [4.78, 5) is 7.23. The number of nitrogens with zero attached hydrogens (tertiary/aromatic N) is 3. The first-order chi connectivity index (χ1) is 9.92. The van der Waals surface area contributed by atoms with Crippen molar-refractivity contribution in [3.8, 4) is 0 Å². The topological polar surface area (TPSA) is 21.1 Å². The third kappa shape index (κ3) is 2.06. The van der Waals surface area contributed by atoms with Gasteiger partial charge in [-0.1, -0.05) is 43.2 Å². The van der Waals surface area contributed by atoms with Crippen molar-refractivity contribution in [2.24, 2.45) is 0 Å². The predicted molar refractivity (Wildman–Crippen MR) is 79.2 cm³/mol. The smallest absolute Gasteiger partial charge is 0.122 e. The Bertz CT molecular complexity index is 569. The molecule has 1 aliphatic heterocycles. The molecular weight excluding hydrogens is 246 g/mol. The van der Waals surface area contributed by atoms with Gasteiger partial charge >= 0.3 is 0 Å². The Morgan fingerprint density at radius 1 is 1.05 bits per heavy atom. The lowest BCUT2D eigenvalue weighted by Crippen LogP contribution is -2.42. The maximum atomic E-state index is 4.53. The van der Waals surface area contributed by atoms with Gasteiger partial charge in [-0.3, -0.25) is 4.90 Å². The highest BCUT2D eigenvalue weighted by Gasteiger charge is 2.33. The number of rotatable bonds is 2. The van der Waals surface area contributed by atoms with Crippen LogP contribution in [0.2, 0.25) is 0 Å². The number of hydrogen-bond acceptors (Lipinski definition) is 2. The van der Waals surface area contributed by atoms with E-state index in [9.17, 15) is 0 Å². The van der Waals surface area contributed by atoms with Gasteiger partial charge in [-0.15, -0.1) is 0 Å². The molecule has 0 saturated heterocycles. The summed E-state index contributed by atoms with van der Waals surface area (Å²) < 4.78 is 2.32. The lowest BCUT2D eigenvalue weighted by atomic mass is 10.0. The molecule has 2 aromatic rings. The zero-order valence-electron chi connectivity index (χ0n) is 11.8. The second-order valence-corrected chi connectivity index (χ2v) is 6.03. The van der Waals surface area contributed by atoms with Crippen molar-refractivity contribution in [2.75, 3.05) is 0 Å². The van der Waals surface area contributed by atoms with E-state index in [0.717, 1.165) is 19.1 Å². The van der Waals surface area contributed by atoms with E-state index in [2.05, 4.69) is 51.0 Å². The van der Waals surface area contributed by atoms with Crippen LogP contribution in [0.1, 0.15) is 43.1 Å². The average Bonchev–Trinajstić information content (AvgIpc) is 3.17. The molecule has 3 nitrogen and oxygen atoms in total. The van der Waals surface area contributed by atoms with Gasteiger partial charge in [0.15, 0.2) is 0 Å². The molecule has 1 aromatic carbocycles. The quantitative estimate of drug-likeness (QED) is 0.831. The van der Waals surface area contributed by atoms with Gasteiger partial charge in [-0.05, 0) is 18.4 Å². The van der Waals surface area contributed by atoms with Crippen molar-refractivity contribution >= 4 is 0 Å². The van der Waals surface area contributed by atoms with Gasteiger partial charge in [-0.2, -0.15) is 0 Å². The van der Waals surface area contributed by atoms with Crippen LogP contribution in [-0.2, 0) is 13.1 Å². The first kappa shape index (κ1) is 12.2. The molecule has 1 aliphatic carbocycles. The van der Waals surface area contributed by atoms with Crippen molar-refractivity contribution in [1.82, 2.24) is 14.5 Å². The summed E-state index contributed by atoms with van der Waals surface area (Å²) in [6.07, 6.45) is 9.54. The van der Waals surface area contributed by atoms with Gasteiger partial charge in [0.25, 0.3) is 0 Å². The van der Waals surface area contributed by atoms with E-state index in [-0.39, 0.29) is 0 Å². The largest absolute Gasteiger partial charge is 0.332 e. The van der Waals surface area contributed by atoms with E-state index < -0.39 is 0 Å². The van der Waals surface area contributed by atoms with E-state index in [1.165, 1.54) is 37.1 Å². The molecule has 20 heavy (non-hydrogen) atoms. The van der Waals surface area contributed by atoms with Crippen LogP contribution in [-0.4, -0.2) is 20.5 Å². The maximum absolute atomic E-state index is 4.53. The summed E-state index contributed by atoms with van der Waals surface area (Å²) in [5.41, 5.74) is 1.44. The Hall–Kier alpha value is -1.61. The molecule has 0 amide bonds. The SMILES string of the molecule is c1ccc(C2Cn3ccnc3CN2C2CCCC2)cc1. The zero-order valence-corrected chi connectivity index (χ0v) is 11.8. The summed E-state index contributed by atoms with van der Waals surface area (Å²) in [7, 11) is 0. The summed E-state index contributed by atoms with van der Waals surface area (Å²) in [6.45, 7) is 2.03. The number of benzene rings is 1. The van der Waals surface area contributed by atoms with Gasteiger partial charge in [0.2, 0.25) is 0 Å². The first-order valence-corrected chi connectivity index (χ1v) is 7.72. The monoisotopic (exact) mass is 267 g/mol. The Kier molecular flexibility index (Phi) is 3.07. The van der Waals surface area contributed by atoms with E-state index in [4.69, 9.17) is 0 Å². The van der Waals surface area contributed by atoms with Crippen molar-refractivity contribution < 1.29 is 0 Å². The maximum Gasteiger partial charge on any atom is 0.122 e. The Morgan fingerprint density at radius 3 is 2.65 bits per heavy atom. The van der Waals surface area contributed by atoms with Crippen LogP contribution in [0.5, 0.6) is 0 Å². The van der Waals surface area contributed by atoms with E-state index in [1.54, 1.807) is 0 Å². The van der Waals surface area contributed by atoms with Crippen LogP contribution in [0.15, 0.2) is 42.7 Å². The fraction of sp³-hybridized carbons (Fsp3) is 0.471. The number of fused-ring (bicyclic) bond motifs is 1. The molecule has 1 saturated carbocycles. The van der Waals surface area contributed by atoms with Crippen molar-refractivity contribution in [2.45, 2.75) is 50.9 Å². The third-order valence-electron chi connectivity index (χ3n) is 4.87. The van der Waals surface area contributed by atoms with E-state index in [1.807, 2.05) is 6.20 Å². The molecule has 0 N–H and O–H groups in total. The molecule has 2 heterocycles. The molecule has 1 fully saturated rings. The zero-order chi connectivity index (χ0) is 13.4. The predicted octanol–water partition coefficient (Wildman–Crippen LogP) is 3.38. The standard InChI is InChI=1S/C17H21N3/c1-2-6-14(7-3-1)16-12-19-11-10-18-17(19)13-20(16)15-8-4-5-9-15/h1-3,6-7,10-11,15-16H,4-5,8-9,12-13H2. The number of aromatic nitrogens is 2. The Morgan fingerprint density at radius 2 is 1.85 bits per heavy atom. The van der Waals surface area contributed by atoms with Gasteiger partial charge in [0.05, 0.1) is 12.6 Å². The molecule has 0 spiro atoms. The summed E-state index contributed by atoms with van der Waals surface area (Å²) >= 11 is 0. The molecular formula is C17H21N3. The summed E-state index contributed by atoms with van der Waals surface area (Å²) in [5.74, 6) is 1.23. The third-order valence-corrected chi connectivity index (χ3v) is 4.87. The molecule has 3 heteroatoms. The van der Waals surface area contributed by atoms with Crippen molar-refractivity contribution in [3.63, 3.8) is 0 Å². The van der Waals surface area contributed by atoms with E-state index in [0.29, 0.717) is 6.04 Å². The van der Waals surface area contributed by atoms with Crippen LogP contribution in [0.4, 0.5) is 0 Å². The molecule has 1 unspecified atom stereocenters. The van der Waals surface area contributed by atoms with Crippen LogP contribution < -0.4 is 0 Å². The van der Waals surface area contributed by atoms with Crippen LogP contribution >= 0.6 is 0 Å². The highest BCUT2D eigenvalue weighted by molar-refractivity contribution is 5.21. The molecule has 0 radical (unpaired) electrons. The van der Waals surface area contributed by atoms with Crippen molar-refractivity contribution in [1.29, 1.82) is 0 Å². The minimum absolute atomic E-state index is 0.501. The molecule has 1 atom stereocenters. The molecule has 0 bridgehead atoms. The average molecular weight is 267 g/mol. The van der Waals surface area contributed by atoms with Gasteiger partial charge in [0.1, 0.15) is 5.82 Å². The van der Waals surface area contributed by atoms with Crippen molar-refractivity contribution in [3.05, 3.63) is 54.1 Å². The second-order valence-electron chi connectivity index (χ2n) is 6.03. The Balaban J connectivity index is 1.70. The van der Waals surface area contributed by atoms with Gasteiger partial charge in [-0.25, -0.2) is 4.98 Å². The highest BCUT2D eigenvalue weighted by Crippen LogP contribution is 2.35. The first-order valence-electron chi connectivity index (χ1n) is 7.72. The summed E-state index contributed by atoms with van der Waals surface area (Å²) in [5, 5.41) is 0. The normalized spacial score (nSPS) is 23.9. The fourth-order valence-corrected chi connectivity index (χ4v) is 3.81. The molecule has 4 rings (SSSR count). The second kappa shape index (κ2) is 5.06.